The van der Waals surface area contributed by atoms with Crippen molar-refractivity contribution in [2.45, 2.75) is 19.8 Å². The molecule has 9 heteroatoms. The van der Waals surface area contributed by atoms with Crippen molar-refractivity contribution < 1.29 is 8.42 Å². The first-order valence-electron chi connectivity index (χ1n) is 5.53. The fourth-order valence-corrected chi connectivity index (χ4v) is 1.86. The summed E-state index contributed by atoms with van der Waals surface area (Å²) < 4.78 is 21.5. The van der Waals surface area contributed by atoms with E-state index in [1.165, 1.54) is 0 Å². The van der Waals surface area contributed by atoms with Crippen molar-refractivity contribution in [1.29, 1.82) is 0 Å². The molecule has 0 aliphatic heterocycles. The number of nitrogens with one attached hydrogen (secondary N) is 2. The van der Waals surface area contributed by atoms with Crippen LogP contribution in [0.15, 0.2) is 6.07 Å². The van der Waals surface area contributed by atoms with Gasteiger partial charge in [-0.1, -0.05) is 6.92 Å². The summed E-state index contributed by atoms with van der Waals surface area (Å²) in [5.41, 5.74) is 2.45. The van der Waals surface area contributed by atoms with Gasteiger partial charge in [0.15, 0.2) is 0 Å². The summed E-state index contributed by atoms with van der Waals surface area (Å²) in [5, 5.41) is 7.90. The van der Waals surface area contributed by atoms with Gasteiger partial charge in [-0.15, -0.1) is 0 Å². The molecule has 102 valence electrons. The Kier molecular flexibility index (Phi) is 5.25. The summed E-state index contributed by atoms with van der Waals surface area (Å²) in [7, 11) is -3.41. The number of hydrazine groups is 1. The average Bonchev–Trinajstić information content (AvgIpc) is 2.33. The molecule has 0 saturated heterocycles. The van der Waals surface area contributed by atoms with Crippen molar-refractivity contribution in [3.05, 3.63) is 11.9 Å². The molecule has 0 atom stereocenters. The molecule has 1 aromatic heterocycles. The highest BCUT2D eigenvalue weighted by Gasteiger charge is 2.04. The number of nitrogen functional groups attached to an aromatic ring is 1. The summed E-state index contributed by atoms with van der Waals surface area (Å²) >= 11 is 0. The molecule has 0 aromatic carbocycles. The number of rotatable bonds is 7. The third-order valence-corrected chi connectivity index (χ3v) is 3.01. The SMILES string of the molecule is CCc1nc(NN)cc(NCCCS(N)(=O)=O)n1. The maximum atomic E-state index is 10.7. The van der Waals surface area contributed by atoms with E-state index >= 15 is 0 Å². The first kappa shape index (κ1) is 14.6. The fourth-order valence-electron chi connectivity index (χ4n) is 1.31. The molecule has 0 aliphatic rings. The second-order valence-electron chi connectivity index (χ2n) is 3.70. The molecule has 1 heterocycles. The zero-order valence-corrected chi connectivity index (χ0v) is 11.0. The molecule has 0 fully saturated rings. The van der Waals surface area contributed by atoms with Crippen molar-refractivity contribution in [3.8, 4) is 0 Å². The molecule has 6 N–H and O–H groups in total. The van der Waals surface area contributed by atoms with E-state index in [4.69, 9.17) is 11.0 Å². The van der Waals surface area contributed by atoms with Gasteiger partial charge in [-0.2, -0.15) is 0 Å². The molecule has 0 saturated carbocycles. The van der Waals surface area contributed by atoms with E-state index in [1.54, 1.807) is 6.07 Å². The van der Waals surface area contributed by atoms with Crippen LogP contribution in [0.3, 0.4) is 0 Å². The molecule has 0 unspecified atom stereocenters. The smallest absolute Gasteiger partial charge is 0.209 e. The van der Waals surface area contributed by atoms with E-state index < -0.39 is 10.0 Å². The number of aromatic nitrogens is 2. The van der Waals surface area contributed by atoms with E-state index in [-0.39, 0.29) is 5.75 Å². The Morgan fingerprint density at radius 2 is 2.00 bits per heavy atom. The number of nitrogens with two attached hydrogens (primary N) is 2. The summed E-state index contributed by atoms with van der Waals surface area (Å²) in [4.78, 5) is 8.37. The van der Waals surface area contributed by atoms with Crippen LogP contribution >= 0.6 is 0 Å². The van der Waals surface area contributed by atoms with Gasteiger partial charge >= 0.3 is 0 Å². The van der Waals surface area contributed by atoms with Gasteiger partial charge < -0.3 is 10.7 Å². The monoisotopic (exact) mass is 274 g/mol. The minimum absolute atomic E-state index is 0.0618. The van der Waals surface area contributed by atoms with Crippen LogP contribution in [0.5, 0.6) is 0 Å². The van der Waals surface area contributed by atoms with Gasteiger partial charge in [-0.3, -0.25) is 0 Å². The minimum Gasteiger partial charge on any atom is -0.370 e. The first-order chi connectivity index (χ1) is 8.44. The third-order valence-electron chi connectivity index (χ3n) is 2.15. The maximum Gasteiger partial charge on any atom is 0.209 e. The Morgan fingerprint density at radius 3 is 2.56 bits per heavy atom. The molecular weight excluding hydrogens is 256 g/mol. The van der Waals surface area contributed by atoms with E-state index in [2.05, 4.69) is 20.7 Å². The van der Waals surface area contributed by atoms with Gasteiger partial charge in [-0.05, 0) is 6.42 Å². The molecule has 8 nitrogen and oxygen atoms in total. The summed E-state index contributed by atoms with van der Waals surface area (Å²) in [6.45, 7) is 2.39. The zero-order chi connectivity index (χ0) is 13.6. The number of nitrogens with zero attached hydrogens (tertiary/aromatic N) is 2. The van der Waals surface area contributed by atoms with Crippen molar-refractivity contribution in [2.75, 3.05) is 23.0 Å². The van der Waals surface area contributed by atoms with Crippen LogP contribution in [0.25, 0.3) is 0 Å². The molecule has 0 amide bonds. The molecule has 1 aromatic rings. The Balaban J connectivity index is 2.56. The lowest BCUT2D eigenvalue weighted by molar-refractivity contribution is 0.595. The third kappa shape index (κ3) is 5.25. The number of hydrogen-bond acceptors (Lipinski definition) is 7. The van der Waals surface area contributed by atoms with Gasteiger partial charge in [-0.25, -0.2) is 29.4 Å². The zero-order valence-electron chi connectivity index (χ0n) is 10.2. The summed E-state index contributed by atoms with van der Waals surface area (Å²) in [6, 6.07) is 1.65. The predicted molar refractivity (Wildman–Crippen MR) is 70.3 cm³/mol. The van der Waals surface area contributed by atoms with Gasteiger partial charge in [0, 0.05) is 19.0 Å². The number of anilines is 2. The van der Waals surface area contributed by atoms with Crippen molar-refractivity contribution in [2.24, 2.45) is 11.0 Å². The topological polar surface area (TPSA) is 136 Å². The highest BCUT2D eigenvalue weighted by atomic mass is 32.2. The van der Waals surface area contributed by atoms with Crippen LogP contribution in [-0.2, 0) is 16.4 Å². The lowest BCUT2D eigenvalue weighted by Crippen LogP contribution is -2.19. The predicted octanol–water partition coefficient (Wildman–Crippen LogP) is -0.585. The van der Waals surface area contributed by atoms with Gasteiger partial charge in [0.2, 0.25) is 10.0 Å². The van der Waals surface area contributed by atoms with Gasteiger partial charge in [0.25, 0.3) is 0 Å². The number of hydrogen-bond donors (Lipinski definition) is 4. The van der Waals surface area contributed by atoms with Crippen LogP contribution in [0.4, 0.5) is 11.6 Å². The van der Waals surface area contributed by atoms with Gasteiger partial charge in [0.05, 0.1) is 5.75 Å². The number of primary sulfonamides is 1. The normalized spacial score (nSPS) is 11.3. The average molecular weight is 274 g/mol. The van der Waals surface area contributed by atoms with E-state index in [0.717, 1.165) is 0 Å². The lowest BCUT2D eigenvalue weighted by atomic mass is 10.4. The Hall–Kier alpha value is -1.45. The van der Waals surface area contributed by atoms with Crippen molar-refractivity contribution in [3.63, 3.8) is 0 Å². The highest BCUT2D eigenvalue weighted by molar-refractivity contribution is 7.89. The second-order valence-corrected chi connectivity index (χ2v) is 5.43. The van der Waals surface area contributed by atoms with Gasteiger partial charge in [0.1, 0.15) is 17.5 Å². The molecule has 0 aliphatic carbocycles. The molecule has 0 spiro atoms. The minimum atomic E-state index is -3.41. The number of aryl methyl sites for hydroxylation is 1. The number of sulfonamides is 1. The van der Waals surface area contributed by atoms with Crippen LogP contribution < -0.4 is 21.7 Å². The molecule has 18 heavy (non-hydrogen) atoms. The summed E-state index contributed by atoms with van der Waals surface area (Å²) in [6.07, 6.45) is 1.09. The van der Waals surface area contributed by atoms with E-state index in [9.17, 15) is 8.42 Å². The van der Waals surface area contributed by atoms with E-state index in [1.807, 2.05) is 6.92 Å². The fraction of sp³-hybridized carbons (Fsp3) is 0.556. The maximum absolute atomic E-state index is 10.7. The Morgan fingerprint density at radius 1 is 1.33 bits per heavy atom. The molecular formula is C9H18N6O2S. The van der Waals surface area contributed by atoms with Crippen molar-refractivity contribution in [1.82, 2.24) is 9.97 Å². The second kappa shape index (κ2) is 6.47. The molecule has 0 radical (unpaired) electrons. The highest BCUT2D eigenvalue weighted by Crippen LogP contribution is 2.10. The standard InChI is InChI=1S/C9H18N6O2S/c1-2-7-13-8(6-9(14-7)15-10)12-4-3-5-18(11,16)17/h6H,2-5,10H2,1H3,(H2,11,16,17)(H2,12,13,14,15). The van der Waals surface area contributed by atoms with Crippen molar-refractivity contribution >= 4 is 21.7 Å². The molecule has 0 bridgehead atoms. The lowest BCUT2D eigenvalue weighted by Gasteiger charge is -2.08. The van der Waals surface area contributed by atoms with Crippen LogP contribution in [0.2, 0.25) is 0 Å². The van der Waals surface area contributed by atoms with Crippen LogP contribution in [0.1, 0.15) is 19.2 Å². The van der Waals surface area contributed by atoms with Crippen LogP contribution in [0, 0.1) is 0 Å². The summed E-state index contributed by atoms with van der Waals surface area (Å²) in [5.74, 6) is 6.99. The Bertz CT molecular complexity index is 468. The molecule has 1 rings (SSSR count). The first-order valence-corrected chi connectivity index (χ1v) is 7.25. The quantitative estimate of drug-likeness (QED) is 0.296. The Labute approximate surface area is 106 Å². The van der Waals surface area contributed by atoms with E-state index in [0.29, 0.717) is 36.8 Å². The largest absolute Gasteiger partial charge is 0.370 e. The van der Waals surface area contributed by atoms with Crippen LogP contribution in [-0.4, -0.2) is 30.7 Å².